The SMILES string of the molecule is CC/C=C\C/C=C\C/C=C\C/C=C\C/C=C\C/C=C\C/C=C\CCCCCCCCCCCCCC(=O)OC(COC(=O)CCCCCCCCCCCC/C=C\C/C=C\C/C=C\C/C=C\CC)COC(OCC[N+](C)(C)C)C(=O)O. The van der Waals surface area contributed by atoms with E-state index in [0.717, 1.165) is 122 Å². The van der Waals surface area contributed by atoms with Gasteiger partial charge in [0.2, 0.25) is 0 Å². The molecular weight excluding hydrogens is 1010 g/mol. The van der Waals surface area contributed by atoms with Crippen LogP contribution in [0.1, 0.15) is 245 Å². The van der Waals surface area contributed by atoms with Crippen molar-refractivity contribution in [2.75, 3.05) is 47.5 Å². The van der Waals surface area contributed by atoms with E-state index in [1.54, 1.807) is 0 Å². The zero-order valence-electron chi connectivity index (χ0n) is 52.4. The smallest absolute Gasteiger partial charge is 0.361 e. The van der Waals surface area contributed by atoms with Gasteiger partial charge in [0.25, 0.3) is 6.29 Å². The summed E-state index contributed by atoms with van der Waals surface area (Å²) >= 11 is 0. The van der Waals surface area contributed by atoms with Crippen LogP contribution in [0.4, 0.5) is 0 Å². The fourth-order valence-electron chi connectivity index (χ4n) is 8.51. The molecule has 0 aliphatic rings. The second-order valence-electron chi connectivity index (χ2n) is 22.3. The van der Waals surface area contributed by atoms with Crippen LogP contribution in [-0.2, 0) is 33.3 Å². The first-order chi connectivity index (χ1) is 39.6. The molecule has 0 aromatic heterocycles. The van der Waals surface area contributed by atoms with Gasteiger partial charge in [-0.05, 0) is 109 Å². The highest BCUT2D eigenvalue weighted by molar-refractivity contribution is 5.71. The van der Waals surface area contributed by atoms with Gasteiger partial charge in [-0.1, -0.05) is 257 Å². The van der Waals surface area contributed by atoms with Crippen LogP contribution in [0.3, 0.4) is 0 Å². The van der Waals surface area contributed by atoms with Gasteiger partial charge in [-0.2, -0.15) is 0 Å². The summed E-state index contributed by atoms with van der Waals surface area (Å²) in [5.74, 6) is -2.02. The lowest BCUT2D eigenvalue weighted by Gasteiger charge is -2.25. The molecule has 0 saturated heterocycles. The van der Waals surface area contributed by atoms with E-state index in [2.05, 4.69) is 148 Å². The molecule has 9 nitrogen and oxygen atoms in total. The maximum Gasteiger partial charge on any atom is 0.361 e. The lowest BCUT2D eigenvalue weighted by atomic mass is 10.0. The Labute approximate surface area is 497 Å². The number of carbonyl (C=O) groups excluding carboxylic acids is 2. The summed E-state index contributed by atoms with van der Waals surface area (Å²) < 4.78 is 22.9. The number of likely N-dealkylation sites (N-methyl/N-ethyl adjacent to an activating group) is 1. The number of rotatable bonds is 58. The number of hydrogen-bond donors (Lipinski definition) is 1. The Bertz CT molecular complexity index is 1790. The maximum atomic E-state index is 12.9. The number of carboxylic acid groups (broad SMARTS) is 1. The third-order valence-electron chi connectivity index (χ3n) is 13.4. The first-order valence-corrected chi connectivity index (χ1v) is 32.3. The summed E-state index contributed by atoms with van der Waals surface area (Å²) in [6, 6.07) is 0. The quantitative estimate of drug-likeness (QED) is 0.0211. The maximum absolute atomic E-state index is 12.9. The minimum Gasteiger partial charge on any atom is -0.477 e. The average molecular weight is 1130 g/mol. The van der Waals surface area contributed by atoms with E-state index in [-0.39, 0.29) is 38.6 Å². The fourth-order valence-corrected chi connectivity index (χ4v) is 8.51. The number of esters is 2. The zero-order valence-corrected chi connectivity index (χ0v) is 52.4. The van der Waals surface area contributed by atoms with Gasteiger partial charge < -0.3 is 28.5 Å². The molecule has 2 atom stereocenters. The molecule has 2 unspecified atom stereocenters. The molecular formula is C72H120NO8+. The van der Waals surface area contributed by atoms with Crippen molar-refractivity contribution in [3.63, 3.8) is 0 Å². The Hall–Kier alpha value is -4.57. The molecule has 0 rings (SSSR count). The molecule has 0 heterocycles. The van der Waals surface area contributed by atoms with Crippen molar-refractivity contribution in [3.8, 4) is 0 Å². The number of allylic oxidation sites excluding steroid dienone is 22. The molecule has 0 aliphatic carbocycles. The predicted octanol–water partition coefficient (Wildman–Crippen LogP) is 19.8. The largest absolute Gasteiger partial charge is 0.477 e. The number of aliphatic carboxylic acids is 1. The number of quaternary nitrogens is 1. The molecule has 0 fully saturated rings. The Morgan fingerprint density at radius 1 is 0.370 bits per heavy atom. The van der Waals surface area contributed by atoms with E-state index in [1.807, 2.05) is 21.1 Å². The molecule has 0 spiro atoms. The first kappa shape index (κ1) is 76.4. The second kappa shape index (κ2) is 61.5. The molecule has 0 aromatic carbocycles. The van der Waals surface area contributed by atoms with Crippen LogP contribution in [-0.4, -0.2) is 87.4 Å². The number of carbonyl (C=O) groups is 3. The monoisotopic (exact) mass is 1130 g/mol. The molecule has 0 saturated carbocycles. The Morgan fingerprint density at radius 3 is 0.988 bits per heavy atom. The van der Waals surface area contributed by atoms with Crippen LogP contribution >= 0.6 is 0 Å². The summed E-state index contributed by atoms with van der Waals surface area (Å²) in [7, 11) is 5.96. The minimum absolute atomic E-state index is 0.180. The van der Waals surface area contributed by atoms with E-state index >= 15 is 0 Å². The van der Waals surface area contributed by atoms with Crippen molar-refractivity contribution in [3.05, 3.63) is 134 Å². The Kier molecular flexibility index (Phi) is 58.0. The number of hydrogen-bond acceptors (Lipinski definition) is 7. The highest BCUT2D eigenvalue weighted by Gasteiger charge is 2.25. The van der Waals surface area contributed by atoms with Gasteiger partial charge in [0, 0.05) is 12.8 Å². The van der Waals surface area contributed by atoms with Crippen molar-refractivity contribution in [2.45, 2.75) is 257 Å². The van der Waals surface area contributed by atoms with Gasteiger partial charge in [0.05, 0.1) is 34.4 Å². The average Bonchev–Trinajstić information content (AvgIpc) is 3.44. The van der Waals surface area contributed by atoms with Gasteiger partial charge in [-0.25, -0.2) is 4.79 Å². The van der Waals surface area contributed by atoms with Gasteiger partial charge in [0.15, 0.2) is 6.10 Å². The molecule has 9 heteroatoms. The van der Waals surface area contributed by atoms with Crippen LogP contribution in [0.2, 0.25) is 0 Å². The van der Waals surface area contributed by atoms with Crippen LogP contribution in [0.5, 0.6) is 0 Å². The molecule has 81 heavy (non-hydrogen) atoms. The van der Waals surface area contributed by atoms with E-state index in [1.165, 1.54) is 89.9 Å². The van der Waals surface area contributed by atoms with Crippen molar-refractivity contribution >= 4 is 17.9 Å². The summed E-state index contributed by atoms with van der Waals surface area (Å²) in [5.41, 5.74) is 0. The predicted molar refractivity (Wildman–Crippen MR) is 345 cm³/mol. The molecule has 0 aromatic rings. The Morgan fingerprint density at radius 2 is 0.667 bits per heavy atom. The molecule has 0 bridgehead atoms. The Balaban J connectivity index is 4.21. The van der Waals surface area contributed by atoms with E-state index in [4.69, 9.17) is 18.9 Å². The van der Waals surface area contributed by atoms with E-state index in [0.29, 0.717) is 17.4 Å². The highest BCUT2D eigenvalue weighted by Crippen LogP contribution is 2.16. The molecule has 1 N–H and O–H groups in total. The summed E-state index contributed by atoms with van der Waals surface area (Å²) in [5, 5.41) is 9.73. The molecule has 460 valence electrons. The summed E-state index contributed by atoms with van der Waals surface area (Å²) in [6.45, 7) is 4.64. The van der Waals surface area contributed by atoms with Crippen LogP contribution in [0.25, 0.3) is 0 Å². The number of nitrogens with zero attached hydrogens (tertiary/aromatic N) is 1. The van der Waals surface area contributed by atoms with Crippen LogP contribution in [0, 0.1) is 0 Å². The molecule has 0 amide bonds. The topological polar surface area (TPSA) is 108 Å². The van der Waals surface area contributed by atoms with Gasteiger partial charge in [-0.3, -0.25) is 9.59 Å². The lowest BCUT2D eigenvalue weighted by molar-refractivity contribution is -0.870. The van der Waals surface area contributed by atoms with Crippen molar-refractivity contribution in [1.29, 1.82) is 0 Å². The highest BCUT2D eigenvalue weighted by atomic mass is 16.7. The number of carboxylic acids is 1. The zero-order chi connectivity index (χ0) is 59.1. The summed E-state index contributed by atoms with van der Waals surface area (Å²) in [6.07, 6.45) is 85.4. The number of ether oxygens (including phenoxy) is 4. The van der Waals surface area contributed by atoms with Crippen LogP contribution in [0.15, 0.2) is 134 Å². The standard InChI is InChI=1S/C72H119NO8/c1-6-8-10-12-14-16-18-20-22-24-26-28-30-31-32-33-34-35-36-37-38-39-41-43-45-47-49-51-53-55-57-59-61-63-70(75)81-68(67-80-72(71(76)77)78-65-64-73(3,4)5)66-79-69(74)62-60-58-56-54-52-50-48-46-44-42-40-29-27-25-23-21-19-17-15-13-11-9-7-2/h8-11,14-17,20-23,26-29,31-32,34-35,37-38,68,72H,6-7,12-13,18-19,24-25,30,33,36,39-67H2,1-5H3/p+1/b10-8-,11-9-,16-14-,17-15-,22-20-,23-21-,28-26-,29-27-,32-31-,35-34-,38-37-. The lowest BCUT2D eigenvalue weighted by Crippen LogP contribution is -2.40. The van der Waals surface area contributed by atoms with Gasteiger partial charge in [0.1, 0.15) is 13.2 Å². The third kappa shape index (κ3) is 62.9. The van der Waals surface area contributed by atoms with Crippen LogP contribution < -0.4 is 0 Å². The van der Waals surface area contributed by atoms with Crippen molar-refractivity contribution in [2.24, 2.45) is 0 Å². The fraction of sp³-hybridized carbons (Fsp3) is 0.653. The van der Waals surface area contributed by atoms with Crippen molar-refractivity contribution < 1.29 is 42.9 Å². The van der Waals surface area contributed by atoms with E-state index < -0.39 is 24.3 Å². The minimum atomic E-state index is -1.52. The first-order valence-electron chi connectivity index (χ1n) is 32.3. The van der Waals surface area contributed by atoms with Gasteiger partial charge in [-0.15, -0.1) is 0 Å². The third-order valence-corrected chi connectivity index (χ3v) is 13.4. The summed E-state index contributed by atoms with van der Waals surface area (Å²) in [4.78, 5) is 37.6. The molecule has 0 radical (unpaired) electrons. The van der Waals surface area contributed by atoms with Gasteiger partial charge >= 0.3 is 17.9 Å². The van der Waals surface area contributed by atoms with Crippen molar-refractivity contribution in [1.82, 2.24) is 0 Å². The number of unbranched alkanes of at least 4 members (excludes halogenated alkanes) is 21. The van der Waals surface area contributed by atoms with E-state index in [9.17, 15) is 19.5 Å². The second-order valence-corrected chi connectivity index (χ2v) is 22.3. The molecule has 0 aliphatic heterocycles. The normalized spacial score (nSPS) is 13.6.